The van der Waals surface area contributed by atoms with Gasteiger partial charge in [-0.3, -0.25) is 4.98 Å². The molecule has 1 aliphatic heterocycles. The van der Waals surface area contributed by atoms with Crippen LogP contribution in [0.4, 0.5) is 4.79 Å². The number of hydrogen-bond donors (Lipinski definition) is 0. The molecule has 0 aromatic carbocycles. The van der Waals surface area contributed by atoms with Gasteiger partial charge in [0.05, 0.1) is 11.5 Å². The molecule has 1 amide bonds. The summed E-state index contributed by atoms with van der Waals surface area (Å²) < 4.78 is 30.5. The third-order valence-corrected chi connectivity index (χ3v) is 5.50. The van der Waals surface area contributed by atoms with E-state index in [-0.39, 0.29) is 17.5 Å². The van der Waals surface area contributed by atoms with Crippen molar-refractivity contribution in [3.8, 4) is 0 Å². The van der Waals surface area contributed by atoms with E-state index in [9.17, 15) is 13.2 Å². The molecular weight excluding hydrogens is 328 g/mol. The number of ether oxygens (including phenoxy) is 1. The number of hydrogen-bond acceptors (Lipinski definition) is 5. The molecule has 1 fully saturated rings. The quantitative estimate of drug-likeness (QED) is 0.831. The molecule has 2 rings (SSSR count). The molecule has 0 N–H and O–H groups in total. The van der Waals surface area contributed by atoms with Crippen LogP contribution in [0.25, 0.3) is 0 Å². The second-order valence-electron chi connectivity index (χ2n) is 7.23. The summed E-state index contributed by atoms with van der Waals surface area (Å²) in [5, 5.41) is 0. The Morgan fingerprint density at radius 3 is 2.58 bits per heavy atom. The van der Waals surface area contributed by atoms with Gasteiger partial charge in [0.15, 0.2) is 9.84 Å². The van der Waals surface area contributed by atoms with E-state index in [2.05, 4.69) is 4.98 Å². The first-order valence-corrected chi connectivity index (χ1v) is 10.1. The van der Waals surface area contributed by atoms with Gasteiger partial charge in [0.25, 0.3) is 0 Å². The highest BCUT2D eigenvalue weighted by atomic mass is 32.2. The van der Waals surface area contributed by atoms with Crippen molar-refractivity contribution in [2.75, 3.05) is 12.3 Å². The van der Waals surface area contributed by atoms with Gasteiger partial charge in [-0.25, -0.2) is 13.2 Å². The standard InChI is InChI=1S/C17H26N2O4S/c1-17(2,3)23-16(20)19-11-5-4-6-15(19)13-24(21,22)12-14-7-9-18-10-8-14/h7-10,15H,4-6,11-13H2,1-3H3/t15-/m1/s1. The van der Waals surface area contributed by atoms with Crippen LogP contribution >= 0.6 is 0 Å². The average molecular weight is 354 g/mol. The van der Waals surface area contributed by atoms with E-state index in [1.54, 1.807) is 29.4 Å². The van der Waals surface area contributed by atoms with Crippen LogP contribution in [0, 0.1) is 0 Å². The van der Waals surface area contributed by atoms with Gasteiger partial charge in [0.2, 0.25) is 0 Å². The van der Waals surface area contributed by atoms with Crippen LogP contribution < -0.4 is 0 Å². The number of pyridine rings is 1. The summed E-state index contributed by atoms with van der Waals surface area (Å²) in [5.41, 5.74) is 0.124. The van der Waals surface area contributed by atoms with Crippen molar-refractivity contribution in [2.45, 2.75) is 57.4 Å². The maximum absolute atomic E-state index is 12.5. The number of aromatic nitrogens is 1. The van der Waals surface area contributed by atoms with E-state index in [0.717, 1.165) is 12.8 Å². The second-order valence-corrected chi connectivity index (χ2v) is 9.34. The van der Waals surface area contributed by atoms with Crippen molar-refractivity contribution in [2.24, 2.45) is 0 Å². The molecular formula is C17H26N2O4S. The molecule has 0 aliphatic carbocycles. The van der Waals surface area contributed by atoms with Crippen LogP contribution in [0.1, 0.15) is 45.6 Å². The minimum absolute atomic E-state index is 0.0332. The molecule has 0 unspecified atom stereocenters. The summed E-state index contributed by atoms with van der Waals surface area (Å²) >= 11 is 0. The molecule has 6 nitrogen and oxygen atoms in total. The zero-order valence-corrected chi connectivity index (χ0v) is 15.4. The number of rotatable bonds is 4. The minimum Gasteiger partial charge on any atom is -0.444 e. The van der Waals surface area contributed by atoms with Crippen molar-refractivity contribution in [3.05, 3.63) is 30.1 Å². The first-order valence-electron chi connectivity index (χ1n) is 8.25. The van der Waals surface area contributed by atoms with E-state index in [1.165, 1.54) is 0 Å². The molecule has 1 aromatic rings. The van der Waals surface area contributed by atoms with Gasteiger partial charge in [0, 0.05) is 25.0 Å². The van der Waals surface area contributed by atoms with Crippen LogP contribution in [0.5, 0.6) is 0 Å². The number of piperidine rings is 1. The Balaban J connectivity index is 2.06. The van der Waals surface area contributed by atoms with Crippen molar-refractivity contribution >= 4 is 15.9 Å². The third kappa shape index (κ3) is 5.78. The van der Waals surface area contributed by atoms with Crippen LogP contribution in [0.2, 0.25) is 0 Å². The number of sulfone groups is 1. The van der Waals surface area contributed by atoms with Crippen molar-refractivity contribution in [1.29, 1.82) is 0 Å². The number of carbonyl (C=O) groups excluding carboxylic acids is 1. The fraction of sp³-hybridized carbons (Fsp3) is 0.647. The van der Waals surface area contributed by atoms with Gasteiger partial charge in [-0.1, -0.05) is 0 Å². The van der Waals surface area contributed by atoms with E-state index in [4.69, 9.17) is 4.74 Å². The lowest BCUT2D eigenvalue weighted by Crippen LogP contribution is -2.49. The van der Waals surface area contributed by atoms with Crippen molar-refractivity contribution in [1.82, 2.24) is 9.88 Å². The highest BCUT2D eigenvalue weighted by Crippen LogP contribution is 2.22. The van der Waals surface area contributed by atoms with Crippen LogP contribution in [0.3, 0.4) is 0 Å². The largest absolute Gasteiger partial charge is 0.444 e. The van der Waals surface area contributed by atoms with Crippen LogP contribution in [-0.4, -0.2) is 48.3 Å². The van der Waals surface area contributed by atoms with Gasteiger partial charge < -0.3 is 9.64 Å². The Morgan fingerprint density at radius 1 is 1.29 bits per heavy atom. The summed E-state index contributed by atoms with van der Waals surface area (Å²) in [6.45, 7) is 5.97. The molecule has 1 saturated heterocycles. The lowest BCUT2D eigenvalue weighted by atomic mass is 10.0. The zero-order valence-electron chi connectivity index (χ0n) is 14.6. The number of likely N-dealkylation sites (tertiary alicyclic amines) is 1. The SMILES string of the molecule is CC(C)(C)OC(=O)N1CCCC[C@@H]1CS(=O)(=O)Cc1ccncc1. The third-order valence-electron chi connectivity index (χ3n) is 3.84. The normalized spacial score (nSPS) is 19.1. The number of nitrogens with zero attached hydrogens (tertiary/aromatic N) is 2. The van der Waals surface area contributed by atoms with Gasteiger partial charge in [-0.15, -0.1) is 0 Å². The average Bonchev–Trinajstić information content (AvgIpc) is 2.46. The fourth-order valence-electron chi connectivity index (χ4n) is 2.82. The van der Waals surface area contributed by atoms with Crippen molar-refractivity contribution < 1.29 is 17.9 Å². The summed E-state index contributed by atoms with van der Waals surface area (Å²) in [5.74, 6) is -0.0667. The molecule has 1 aromatic heterocycles. The Kier molecular flexibility index (Phi) is 5.85. The summed E-state index contributed by atoms with van der Waals surface area (Å²) in [4.78, 5) is 17.8. The Bertz CT molecular complexity index is 653. The van der Waals surface area contributed by atoms with E-state index in [0.29, 0.717) is 18.5 Å². The molecule has 1 aliphatic rings. The lowest BCUT2D eigenvalue weighted by Gasteiger charge is -2.36. The monoisotopic (exact) mass is 354 g/mol. The first-order chi connectivity index (χ1) is 11.2. The van der Waals surface area contributed by atoms with Gasteiger partial charge in [-0.05, 0) is 57.7 Å². The Morgan fingerprint density at radius 2 is 1.96 bits per heavy atom. The van der Waals surface area contributed by atoms with E-state index < -0.39 is 21.5 Å². The van der Waals surface area contributed by atoms with E-state index >= 15 is 0 Å². The van der Waals surface area contributed by atoms with Gasteiger partial charge >= 0.3 is 6.09 Å². The lowest BCUT2D eigenvalue weighted by molar-refractivity contribution is 0.0124. The number of amides is 1. The van der Waals surface area contributed by atoms with Crippen molar-refractivity contribution in [3.63, 3.8) is 0 Å². The molecule has 7 heteroatoms. The molecule has 24 heavy (non-hydrogen) atoms. The molecule has 0 bridgehead atoms. The molecule has 0 saturated carbocycles. The highest BCUT2D eigenvalue weighted by Gasteiger charge is 2.33. The predicted molar refractivity (Wildman–Crippen MR) is 92.3 cm³/mol. The maximum atomic E-state index is 12.5. The van der Waals surface area contributed by atoms with Crippen LogP contribution in [0.15, 0.2) is 24.5 Å². The summed E-state index contributed by atoms with van der Waals surface area (Å²) in [6, 6.07) is 3.08. The summed E-state index contributed by atoms with van der Waals surface area (Å²) in [6.07, 6.45) is 5.23. The number of carbonyl (C=O) groups is 1. The highest BCUT2D eigenvalue weighted by molar-refractivity contribution is 7.90. The predicted octanol–water partition coefficient (Wildman–Crippen LogP) is 2.79. The van der Waals surface area contributed by atoms with Gasteiger partial charge in [0.1, 0.15) is 5.60 Å². The van der Waals surface area contributed by atoms with E-state index in [1.807, 2.05) is 20.8 Å². The first kappa shape index (κ1) is 18.7. The molecule has 134 valence electrons. The molecule has 2 heterocycles. The smallest absolute Gasteiger partial charge is 0.410 e. The zero-order chi connectivity index (χ0) is 17.8. The Labute approximate surface area is 144 Å². The molecule has 1 atom stereocenters. The molecule has 0 spiro atoms. The topological polar surface area (TPSA) is 76.6 Å². The maximum Gasteiger partial charge on any atom is 0.410 e. The minimum atomic E-state index is -3.32. The fourth-order valence-corrected chi connectivity index (χ4v) is 4.57. The van der Waals surface area contributed by atoms with Crippen LogP contribution in [-0.2, 0) is 20.3 Å². The second kappa shape index (κ2) is 7.51. The summed E-state index contributed by atoms with van der Waals surface area (Å²) in [7, 11) is -3.32. The Hall–Kier alpha value is -1.63. The molecule has 0 radical (unpaired) electrons. The van der Waals surface area contributed by atoms with Gasteiger partial charge in [-0.2, -0.15) is 0 Å².